The molecule has 0 bridgehead atoms. The molecule has 0 aliphatic heterocycles. The smallest absolute Gasteiger partial charge is 0.328 e. The van der Waals surface area contributed by atoms with Crippen molar-refractivity contribution in [3.63, 3.8) is 0 Å². The van der Waals surface area contributed by atoms with Gasteiger partial charge in [-0.3, -0.25) is 14.4 Å². The van der Waals surface area contributed by atoms with Gasteiger partial charge in [-0.25, -0.2) is 4.79 Å². The lowest BCUT2D eigenvalue weighted by molar-refractivity contribution is -0.150. The predicted octanol–water partition coefficient (Wildman–Crippen LogP) is 10.1. The van der Waals surface area contributed by atoms with Crippen LogP contribution in [0.4, 0.5) is 0 Å². The lowest BCUT2D eigenvalue weighted by atomic mass is 10.0. The minimum absolute atomic E-state index is 0.0326. The van der Waals surface area contributed by atoms with Gasteiger partial charge in [0.05, 0.1) is 13.2 Å². The Kier molecular flexibility index (Phi) is 36.0. The Morgan fingerprint density at radius 3 is 1.29 bits per heavy atom. The monoisotopic (exact) mass is 725 g/mol. The first kappa shape index (κ1) is 48.8. The van der Waals surface area contributed by atoms with Gasteiger partial charge < -0.3 is 25.6 Å². The number of aliphatic hydroxyl groups excluding tert-OH is 1. The third-order valence-electron chi connectivity index (χ3n) is 9.85. The van der Waals surface area contributed by atoms with Crippen LogP contribution < -0.4 is 10.6 Å². The second-order valence-corrected chi connectivity index (χ2v) is 14.8. The number of esters is 1. The van der Waals surface area contributed by atoms with Crippen molar-refractivity contribution in [2.45, 2.75) is 231 Å². The van der Waals surface area contributed by atoms with Crippen molar-refractivity contribution in [2.75, 3.05) is 13.2 Å². The van der Waals surface area contributed by atoms with Gasteiger partial charge in [-0.15, -0.1) is 0 Å². The van der Waals surface area contributed by atoms with Crippen LogP contribution in [0.3, 0.4) is 0 Å². The summed E-state index contributed by atoms with van der Waals surface area (Å²) in [7, 11) is 0. The molecule has 0 saturated carbocycles. The van der Waals surface area contributed by atoms with Gasteiger partial charge in [-0.05, 0) is 38.5 Å². The molecule has 0 fully saturated rings. The highest BCUT2D eigenvalue weighted by molar-refractivity contribution is 5.87. The van der Waals surface area contributed by atoms with E-state index in [4.69, 9.17) is 14.9 Å². The quantitative estimate of drug-likeness (QED) is 0.0365. The molecule has 0 aromatic heterocycles. The molecule has 2 unspecified atom stereocenters. The maximum atomic E-state index is 12.6. The summed E-state index contributed by atoms with van der Waals surface area (Å²) in [6.45, 7) is 3.43. The molecule has 0 saturated heterocycles. The first-order chi connectivity index (χ1) is 24.8. The minimum Gasteiger partial charge on any atom is -0.480 e. The van der Waals surface area contributed by atoms with E-state index in [0.29, 0.717) is 12.8 Å². The molecule has 2 atom stereocenters. The van der Waals surface area contributed by atoms with Crippen LogP contribution >= 0.6 is 0 Å². The summed E-state index contributed by atoms with van der Waals surface area (Å²) in [5.74, 6) is -2.32. The number of hydrogen-bond donors (Lipinski definition) is 4. The number of aliphatic carboxylic acids is 1. The van der Waals surface area contributed by atoms with Crippen molar-refractivity contribution in [3.8, 4) is 0 Å². The predicted molar refractivity (Wildman–Crippen MR) is 209 cm³/mol. The van der Waals surface area contributed by atoms with Gasteiger partial charge in [0.2, 0.25) is 11.8 Å². The Morgan fingerprint density at radius 2 is 0.882 bits per heavy atom. The number of nitrogens with one attached hydrogen (secondary N) is 2. The Hall–Kier alpha value is -2.16. The Balaban J connectivity index is 3.88. The van der Waals surface area contributed by atoms with E-state index in [9.17, 15) is 19.2 Å². The fourth-order valence-electron chi connectivity index (χ4n) is 6.54. The number of carboxylic acid groups (broad SMARTS) is 1. The van der Waals surface area contributed by atoms with Crippen LogP contribution in [0.25, 0.3) is 0 Å². The highest BCUT2D eigenvalue weighted by Gasteiger charge is 2.19. The number of carboxylic acids is 1. The molecule has 300 valence electrons. The third kappa shape index (κ3) is 34.7. The molecule has 0 aliphatic carbocycles. The molecule has 9 heteroatoms. The summed E-state index contributed by atoms with van der Waals surface area (Å²) >= 11 is 0. The topological polar surface area (TPSA) is 142 Å². The van der Waals surface area contributed by atoms with E-state index in [1.807, 2.05) is 0 Å². The summed E-state index contributed by atoms with van der Waals surface area (Å²) in [4.78, 5) is 47.3. The number of aliphatic hydroxyl groups is 1. The Labute approximate surface area is 312 Å². The zero-order valence-corrected chi connectivity index (χ0v) is 33.1. The second kappa shape index (κ2) is 37.6. The number of unbranched alkanes of at least 4 members (excludes halogenated alkanes) is 25. The van der Waals surface area contributed by atoms with Crippen LogP contribution in [0, 0.1) is 0 Å². The van der Waals surface area contributed by atoms with E-state index in [1.165, 1.54) is 128 Å². The van der Waals surface area contributed by atoms with Crippen LogP contribution in [-0.4, -0.2) is 59.3 Å². The van der Waals surface area contributed by atoms with Gasteiger partial charge >= 0.3 is 11.9 Å². The van der Waals surface area contributed by atoms with Gasteiger partial charge in [-0.2, -0.15) is 0 Å². The number of rotatable bonds is 39. The lowest BCUT2D eigenvalue weighted by Gasteiger charge is -2.18. The number of carbonyl (C=O) groups is 4. The summed E-state index contributed by atoms with van der Waals surface area (Å²) in [6, 6.07) is -1.38. The third-order valence-corrected chi connectivity index (χ3v) is 9.85. The maximum absolute atomic E-state index is 12.6. The highest BCUT2D eigenvalue weighted by Crippen LogP contribution is 2.18. The maximum Gasteiger partial charge on any atom is 0.328 e. The van der Waals surface area contributed by atoms with Crippen molar-refractivity contribution in [1.82, 2.24) is 10.6 Å². The summed E-state index contributed by atoms with van der Waals surface area (Å²) < 4.78 is 5.93. The average Bonchev–Trinajstić information content (AvgIpc) is 3.11. The largest absolute Gasteiger partial charge is 0.480 e. The average molecular weight is 725 g/mol. The van der Waals surface area contributed by atoms with Gasteiger partial charge in [0.25, 0.3) is 0 Å². The van der Waals surface area contributed by atoms with E-state index < -0.39 is 24.5 Å². The van der Waals surface area contributed by atoms with Crippen molar-refractivity contribution >= 4 is 23.8 Å². The highest BCUT2D eigenvalue weighted by atomic mass is 16.5. The first-order valence-corrected chi connectivity index (χ1v) is 21.4. The van der Waals surface area contributed by atoms with Crippen molar-refractivity contribution in [2.24, 2.45) is 0 Å². The Bertz CT molecular complexity index is 838. The molecule has 0 aliphatic rings. The molecule has 51 heavy (non-hydrogen) atoms. The summed E-state index contributed by atoms with van der Waals surface area (Å²) in [5.41, 5.74) is 0. The molecule has 4 N–H and O–H groups in total. The van der Waals surface area contributed by atoms with Crippen LogP contribution in [-0.2, 0) is 23.9 Å². The van der Waals surface area contributed by atoms with Crippen molar-refractivity contribution < 1.29 is 34.1 Å². The molecular weight excluding hydrogens is 644 g/mol. The van der Waals surface area contributed by atoms with E-state index in [0.717, 1.165) is 57.8 Å². The molecule has 0 aromatic rings. The molecule has 0 rings (SSSR count). The van der Waals surface area contributed by atoms with Crippen LogP contribution in [0.15, 0.2) is 0 Å². The van der Waals surface area contributed by atoms with Crippen molar-refractivity contribution in [1.29, 1.82) is 0 Å². The molecule has 0 radical (unpaired) electrons. The number of amides is 2. The normalized spacial score (nSPS) is 12.4. The van der Waals surface area contributed by atoms with Gasteiger partial charge in [0, 0.05) is 12.8 Å². The van der Waals surface area contributed by atoms with E-state index in [1.54, 1.807) is 0 Å². The molecule has 0 spiro atoms. The van der Waals surface area contributed by atoms with Crippen molar-refractivity contribution in [3.05, 3.63) is 0 Å². The Morgan fingerprint density at radius 1 is 0.510 bits per heavy atom. The molecule has 0 aromatic carbocycles. The zero-order chi connectivity index (χ0) is 37.6. The minimum atomic E-state index is -1.38. The molecule has 2 amide bonds. The van der Waals surface area contributed by atoms with Crippen LogP contribution in [0.1, 0.15) is 219 Å². The molecular formula is C42H80N2O7. The zero-order valence-electron chi connectivity index (χ0n) is 33.1. The standard InChI is InChI=1S/C42H80N2O7/c1-3-5-7-9-10-11-12-13-14-15-16-17-18-19-20-21-22-23-24-30-34-41(48)51-37(31-27-8-6-4-2)32-28-25-26-29-33-39(46)43-35-40(47)44-38(36-45)42(49)50/h37-38,45H,3-36H2,1-2H3,(H,43,46)(H,44,47)(H,49,50). The second-order valence-electron chi connectivity index (χ2n) is 14.8. The van der Waals surface area contributed by atoms with Crippen LogP contribution in [0.5, 0.6) is 0 Å². The number of hydrogen-bond acceptors (Lipinski definition) is 6. The lowest BCUT2D eigenvalue weighted by Crippen LogP contribution is -2.47. The van der Waals surface area contributed by atoms with E-state index >= 15 is 0 Å². The van der Waals surface area contributed by atoms with Crippen LogP contribution in [0.2, 0.25) is 0 Å². The fraction of sp³-hybridized carbons (Fsp3) is 0.905. The van der Waals surface area contributed by atoms with E-state index in [2.05, 4.69) is 24.5 Å². The fourth-order valence-corrected chi connectivity index (χ4v) is 6.54. The number of carbonyl (C=O) groups excluding carboxylic acids is 3. The van der Waals surface area contributed by atoms with E-state index in [-0.39, 0.29) is 30.9 Å². The first-order valence-electron chi connectivity index (χ1n) is 21.4. The van der Waals surface area contributed by atoms with Gasteiger partial charge in [0.15, 0.2) is 0 Å². The SMILES string of the molecule is CCCCCCCCCCCCCCCCCCCCCCC(=O)OC(CCCCCC)CCCCCCC(=O)NCC(=O)NC(CO)C(=O)O. The van der Waals surface area contributed by atoms with Gasteiger partial charge in [0.1, 0.15) is 12.1 Å². The van der Waals surface area contributed by atoms with Gasteiger partial charge in [-0.1, -0.05) is 168 Å². The number of ether oxygens (including phenoxy) is 1. The molecule has 0 heterocycles. The summed E-state index contributed by atoms with van der Waals surface area (Å²) in [6.07, 6.45) is 37.4. The molecule has 9 nitrogen and oxygen atoms in total. The summed E-state index contributed by atoms with van der Waals surface area (Å²) in [5, 5.41) is 22.5.